The van der Waals surface area contributed by atoms with Crippen LogP contribution in [0, 0.1) is 0 Å². The Labute approximate surface area is 180 Å². The zero-order valence-electron chi connectivity index (χ0n) is 17.2. The van der Waals surface area contributed by atoms with Gasteiger partial charge in [0.05, 0.1) is 12.9 Å². The first-order valence-electron chi connectivity index (χ1n) is 9.90. The summed E-state index contributed by atoms with van der Waals surface area (Å²) in [7, 11) is 3.73. The highest BCUT2D eigenvalue weighted by Gasteiger charge is 2.22. The number of carbonyl (C=O) groups is 1. The van der Waals surface area contributed by atoms with Gasteiger partial charge in [0, 0.05) is 37.4 Å². The molecule has 1 saturated heterocycles. The molecule has 4 rings (SSSR count). The van der Waals surface area contributed by atoms with Gasteiger partial charge in [0.1, 0.15) is 5.75 Å². The molecular formula is C22H25N5O2S. The second-order valence-electron chi connectivity index (χ2n) is 7.18. The lowest BCUT2D eigenvalue weighted by atomic mass is 10.2. The van der Waals surface area contributed by atoms with E-state index in [0.717, 1.165) is 49.0 Å². The van der Waals surface area contributed by atoms with Crippen LogP contribution < -0.4 is 4.74 Å². The summed E-state index contributed by atoms with van der Waals surface area (Å²) in [5.41, 5.74) is 1.86. The van der Waals surface area contributed by atoms with Crippen molar-refractivity contribution in [2.75, 3.05) is 46.1 Å². The standard InChI is InChI=1S/C22H25N5O2S/c1-25-11-13-26(14-12-25)20(28)16-30-22-24-23-21(17-7-6-10-19(15-17)29-2)27(22)18-8-4-3-5-9-18/h3-10,15H,11-14,16H2,1-2H3. The van der Waals surface area contributed by atoms with E-state index >= 15 is 0 Å². The van der Waals surface area contributed by atoms with Gasteiger partial charge in [0.25, 0.3) is 0 Å². The minimum absolute atomic E-state index is 0.138. The number of ether oxygens (including phenoxy) is 1. The molecule has 2 heterocycles. The smallest absolute Gasteiger partial charge is 0.233 e. The largest absolute Gasteiger partial charge is 0.497 e. The number of rotatable bonds is 6. The third-order valence-electron chi connectivity index (χ3n) is 5.16. The number of piperazine rings is 1. The summed E-state index contributed by atoms with van der Waals surface area (Å²) < 4.78 is 7.36. The fourth-order valence-corrected chi connectivity index (χ4v) is 4.25. The molecule has 0 spiro atoms. The van der Waals surface area contributed by atoms with Crippen molar-refractivity contribution in [3.8, 4) is 22.8 Å². The van der Waals surface area contributed by atoms with Gasteiger partial charge in [-0.2, -0.15) is 0 Å². The molecule has 8 heteroatoms. The summed E-state index contributed by atoms with van der Waals surface area (Å²) >= 11 is 1.42. The number of likely N-dealkylation sites (N-methyl/N-ethyl adjacent to an activating group) is 1. The van der Waals surface area contributed by atoms with Crippen molar-refractivity contribution in [2.45, 2.75) is 5.16 Å². The topological polar surface area (TPSA) is 63.5 Å². The Morgan fingerprint density at radius 2 is 1.80 bits per heavy atom. The number of thioether (sulfide) groups is 1. The first kappa shape index (κ1) is 20.4. The van der Waals surface area contributed by atoms with E-state index in [0.29, 0.717) is 10.9 Å². The van der Waals surface area contributed by atoms with Gasteiger partial charge in [-0.1, -0.05) is 42.1 Å². The van der Waals surface area contributed by atoms with Crippen LogP contribution in [0.1, 0.15) is 0 Å². The summed E-state index contributed by atoms with van der Waals surface area (Å²) in [6, 6.07) is 17.7. The van der Waals surface area contributed by atoms with Gasteiger partial charge in [0.15, 0.2) is 11.0 Å². The van der Waals surface area contributed by atoms with E-state index < -0.39 is 0 Å². The molecule has 156 valence electrons. The predicted molar refractivity (Wildman–Crippen MR) is 118 cm³/mol. The Morgan fingerprint density at radius 1 is 1.03 bits per heavy atom. The average molecular weight is 424 g/mol. The van der Waals surface area contributed by atoms with E-state index in [9.17, 15) is 4.79 Å². The minimum Gasteiger partial charge on any atom is -0.497 e. The fourth-order valence-electron chi connectivity index (χ4n) is 3.40. The maximum atomic E-state index is 12.7. The second-order valence-corrected chi connectivity index (χ2v) is 8.12. The lowest BCUT2D eigenvalue weighted by molar-refractivity contribution is -0.129. The van der Waals surface area contributed by atoms with Crippen LogP contribution in [0.15, 0.2) is 59.8 Å². The van der Waals surface area contributed by atoms with Gasteiger partial charge in [-0.25, -0.2) is 0 Å². The first-order valence-corrected chi connectivity index (χ1v) is 10.9. The Bertz CT molecular complexity index is 1000. The van der Waals surface area contributed by atoms with Gasteiger partial charge in [-0.05, 0) is 31.3 Å². The number of nitrogens with zero attached hydrogens (tertiary/aromatic N) is 5. The predicted octanol–water partition coefficient (Wildman–Crippen LogP) is 2.81. The summed E-state index contributed by atoms with van der Waals surface area (Å²) in [5.74, 6) is 1.95. The van der Waals surface area contributed by atoms with Crippen molar-refractivity contribution in [1.29, 1.82) is 0 Å². The van der Waals surface area contributed by atoms with Crippen LogP contribution in [0.4, 0.5) is 0 Å². The Morgan fingerprint density at radius 3 is 2.53 bits per heavy atom. The molecule has 1 aliphatic rings. The molecule has 30 heavy (non-hydrogen) atoms. The Kier molecular flexibility index (Phi) is 6.35. The van der Waals surface area contributed by atoms with Crippen LogP contribution in [0.25, 0.3) is 17.1 Å². The van der Waals surface area contributed by atoms with Crippen LogP contribution in [0.5, 0.6) is 5.75 Å². The van der Waals surface area contributed by atoms with E-state index in [2.05, 4.69) is 22.1 Å². The van der Waals surface area contributed by atoms with Crippen LogP contribution in [-0.2, 0) is 4.79 Å². The summed E-state index contributed by atoms with van der Waals surface area (Å²) in [6.45, 7) is 3.37. The summed E-state index contributed by atoms with van der Waals surface area (Å²) in [4.78, 5) is 16.9. The molecule has 1 fully saturated rings. The molecule has 1 amide bonds. The van der Waals surface area contributed by atoms with Crippen LogP contribution in [0.2, 0.25) is 0 Å². The fraction of sp³-hybridized carbons (Fsp3) is 0.318. The third-order valence-corrected chi connectivity index (χ3v) is 6.07. The van der Waals surface area contributed by atoms with Crippen LogP contribution in [0.3, 0.4) is 0 Å². The number of para-hydroxylation sites is 1. The quantitative estimate of drug-likeness (QED) is 0.568. The lowest BCUT2D eigenvalue weighted by Gasteiger charge is -2.32. The molecule has 2 aromatic carbocycles. The van der Waals surface area contributed by atoms with Crippen molar-refractivity contribution < 1.29 is 9.53 Å². The normalized spacial score (nSPS) is 14.7. The lowest BCUT2D eigenvalue weighted by Crippen LogP contribution is -2.47. The molecule has 0 atom stereocenters. The maximum Gasteiger partial charge on any atom is 0.233 e. The number of hydrogen-bond donors (Lipinski definition) is 0. The highest BCUT2D eigenvalue weighted by molar-refractivity contribution is 7.99. The number of amides is 1. The molecule has 1 aliphatic heterocycles. The average Bonchev–Trinajstić information content (AvgIpc) is 3.22. The van der Waals surface area contributed by atoms with E-state index in [-0.39, 0.29) is 5.91 Å². The molecule has 0 N–H and O–H groups in total. The molecule has 0 aliphatic carbocycles. The van der Waals surface area contributed by atoms with E-state index in [1.54, 1.807) is 7.11 Å². The van der Waals surface area contributed by atoms with E-state index in [1.807, 2.05) is 64.1 Å². The van der Waals surface area contributed by atoms with E-state index in [4.69, 9.17) is 4.74 Å². The third kappa shape index (κ3) is 4.49. The van der Waals surface area contributed by atoms with Crippen molar-refractivity contribution in [3.63, 3.8) is 0 Å². The van der Waals surface area contributed by atoms with Gasteiger partial charge in [-0.15, -0.1) is 10.2 Å². The number of carbonyl (C=O) groups excluding carboxylic acids is 1. The Hall–Kier alpha value is -2.84. The summed E-state index contributed by atoms with van der Waals surface area (Å²) in [5, 5.41) is 9.55. The second kappa shape index (κ2) is 9.32. The van der Waals surface area contributed by atoms with Gasteiger partial charge in [-0.3, -0.25) is 9.36 Å². The van der Waals surface area contributed by atoms with Crippen molar-refractivity contribution in [3.05, 3.63) is 54.6 Å². The zero-order chi connectivity index (χ0) is 20.9. The molecule has 0 radical (unpaired) electrons. The molecule has 3 aromatic rings. The maximum absolute atomic E-state index is 12.7. The molecule has 0 saturated carbocycles. The minimum atomic E-state index is 0.138. The monoisotopic (exact) mass is 423 g/mol. The number of benzene rings is 2. The van der Waals surface area contributed by atoms with Crippen molar-refractivity contribution in [2.24, 2.45) is 0 Å². The van der Waals surface area contributed by atoms with Crippen molar-refractivity contribution in [1.82, 2.24) is 24.6 Å². The van der Waals surface area contributed by atoms with Crippen LogP contribution >= 0.6 is 11.8 Å². The highest BCUT2D eigenvalue weighted by Crippen LogP contribution is 2.29. The van der Waals surface area contributed by atoms with Gasteiger partial charge < -0.3 is 14.5 Å². The molecule has 1 aromatic heterocycles. The number of hydrogen-bond acceptors (Lipinski definition) is 6. The SMILES string of the molecule is COc1cccc(-c2nnc(SCC(=O)N3CCN(C)CC3)n2-c2ccccc2)c1. The first-order chi connectivity index (χ1) is 14.7. The van der Waals surface area contributed by atoms with Crippen LogP contribution in [-0.4, -0.2) is 76.6 Å². The number of aromatic nitrogens is 3. The summed E-state index contributed by atoms with van der Waals surface area (Å²) in [6.07, 6.45) is 0. The van der Waals surface area contributed by atoms with Gasteiger partial charge in [0.2, 0.25) is 5.91 Å². The molecule has 0 unspecified atom stereocenters. The van der Waals surface area contributed by atoms with Gasteiger partial charge >= 0.3 is 0 Å². The zero-order valence-corrected chi connectivity index (χ0v) is 18.0. The molecule has 7 nitrogen and oxygen atoms in total. The highest BCUT2D eigenvalue weighted by atomic mass is 32.2. The molecule has 0 bridgehead atoms. The number of methoxy groups -OCH3 is 1. The Balaban J connectivity index is 1.60. The van der Waals surface area contributed by atoms with E-state index in [1.165, 1.54) is 11.8 Å². The molecular weight excluding hydrogens is 398 g/mol. The van der Waals surface area contributed by atoms with Crippen molar-refractivity contribution >= 4 is 17.7 Å².